The summed E-state index contributed by atoms with van der Waals surface area (Å²) in [5, 5.41) is 20.0. The van der Waals surface area contributed by atoms with Gasteiger partial charge in [-0.15, -0.1) is 0 Å². The number of aromatic carboxylic acids is 1. The maximum atomic E-state index is 11.1. The van der Waals surface area contributed by atoms with Crippen molar-refractivity contribution in [3.8, 4) is 0 Å². The van der Waals surface area contributed by atoms with E-state index in [2.05, 4.69) is 4.98 Å². The molecule has 0 aliphatic carbocycles. The van der Waals surface area contributed by atoms with Gasteiger partial charge >= 0.3 is 11.7 Å². The second kappa shape index (κ2) is 5.83. The maximum Gasteiger partial charge on any atom is 0.337 e. The summed E-state index contributed by atoms with van der Waals surface area (Å²) in [5.41, 5.74) is -0.487. The van der Waals surface area contributed by atoms with Crippen molar-refractivity contribution in [1.29, 1.82) is 0 Å². The molecule has 1 atom stereocenters. The van der Waals surface area contributed by atoms with Crippen LogP contribution in [0.1, 0.15) is 23.7 Å². The molecular weight excluding hydrogens is 266 g/mol. The second-order valence-electron chi connectivity index (χ2n) is 4.61. The Bertz CT molecular complexity index is 534. The first kappa shape index (κ1) is 14.2. The Hall–Kier alpha value is -2.22. The fraction of sp³-hybridized carbons (Fsp3) is 0.500. The van der Waals surface area contributed by atoms with Crippen molar-refractivity contribution in [3.63, 3.8) is 0 Å². The number of nitrogens with zero attached hydrogens (tertiary/aromatic N) is 3. The van der Waals surface area contributed by atoms with Gasteiger partial charge in [-0.05, 0) is 13.3 Å². The predicted molar refractivity (Wildman–Crippen MR) is 70.1 cm³/mol. The first-order valence-electron chi connectivity index (χ1n) is 6.23. The molecule has 1 N–H and O–H groups in total. The molecule has 0 radical (unpaired) electrons. The average Bonchev–Trinajstić information content (AvgIpc) is 2.62. The summed E-state index contributed by atoms with van der Waals surface area (Å²) in [7, 11) is 0. The minimum Gasteiger partial charge on any atom is -0.478 e. The Balaban J connectivity index is 2.39. The lowest BCUT2D eigenvalue weighted by Crippen LogP contribution is -2.31. The predicted octanol–water partition coefficient (Wildman–Crippen LogP) is 1.30. The van der Waals surface area contributed by atoms with Gasteiger partial charge < -0.3 is 14.7 Å². The molecule has 2 heterocycles. The smallest absolute Gasteiger partial charge is 0.337 e. The SMILES string of the molecule is CC1CN(c2ncc(C(=O)O)cc2[N+](=O)[O-])CCCO1. The molecular formula is C12H15N3O5. The second-order valence-corrected chi connectivity index (χ2v) is 4.61. The van der Waals surface area contributed by atoms with E-state index in [0.717, 1.165) is 18.7 Å². The summed E-state index contributed by atoms with van der Waals surface area (Å²) in [6, 6.07) is 1.04. The van der Waals surface area contributed by atoms with E-state index < -0.39 is 10.9 Å². The van der Waals surface area contributed by atoms with E-state index in [1.807, 2.05) is 6.92 Å². The zero-order valence-electron chi connectivity index (χ0n) is 11.0. The number of hydrogen-bond acceptors (Lipinski definition) is 6. The third kappa shape index (κ3) is 3.02. The molecule has 8 nitrogen and oxygen atoms in total. The van der Waals surface area contributed by atoms with Crippen molar-refractivity contribution in [1.82, 2.24) is 4.98 Å². The molecule has 0 spiro atoms. The highest BCUT2D eigenvalue weighted by molar-refractivity contribution is 5.88. The quantitative estimate of drug-likeness (QED) is 0.657. The molecule has 1 saturated heterocycles. The highest BCUT2D eigenvalue weighted by Gasteiger charge is 2.25. The molecule has 8 heteroatoms. The van der Waals surface area contributed by atoms with Crippen LogP contribution >= 0.6 is 0 Å². The van der Waals surface area contributed by atoms with E-state index in [4.69, 9.17) is 9.84 Å². The van der Waals surface area contributed by atoms with Crippen molar-refractivity contribution >= 4 is 17.5 Å². The highest BCUT2D eigenvalue weighted by atomic mass is 16.6. The molecule has 2 rings (SSSR count). The van der Waals surface area contributed by atoms with E-state index in [1.165, 1.54) is 0 Å². The van der Waals surface area contributed by atoms with E-state index in [-0.39, 0.29) is 23.2 Å². The lowest BCUT2D eigenvalue weighted by atomic mass is 10.2. The summed E-state index contributed by atoms with van der Waals surface area (Å²) in [5.74, 6) is -1.04. The molecule has 0 bridgehead atoms. The minimum atomic E-state index is -1.24. The zero-order chi connectivity index (χ0) is 14.7. The van der Waals surface area contributed by atoms with Gasteiger partial charge in [0.15, 0.2) is 0 Å². The number of rotatable bonds is 3. The van der Waals surface area contributed by atoms with Crippen LogP contribution in [0.25, 0.3) is 0 Å². The zero-order valence-corrected chi connectivity index (χ0v) is 11.0. The van der Waals surface area contributed by atoms with Gasteiger partial charge in [0.2, 0.25) is 5.82 Å². The molecule has 0 aromatic carbocycles. The van der Waals surface area contributed by atoms with Gasteiger partial charge in [-0.3, -0.25) is 10.1 Å². The van der Waals surface area contributed by atoms with Gasteiger partial charge in [0.05, 0.1) is 16.6 Å². The molecule has 1 aromatic heterocycles. The van der Waals surface area contributed by atoms with Gasteiger partial charge in [0.1, 0.15) is 0 Å². The molecule has 1 fully saturated rings. The van der Waals surface area contributed by atoms with E-state index in [9.17, 15) is 14.9 Å². The Labute approximate surface area is 115 Å². The van der Waals surface area contributed by atoms with E-state index >= 15 is 0 Å². The first-order valence-corrected chi connectivity index (χ1v) is 6.23. The highest BCUT2D eigenvalue weighted by Crippen LogP contribution is 2.28. The molecule has 0 amide bonds. The molecule has 108 valence electrons. The lowest BCUT2D eigenvalue weighted by molar-refractivity contribution is -0.384. The van der Waals surface area contributed by atoms with Gasteiger partial charge in [-0.25, -0.2) is 9.78 Å². The summed E-state index contributed by atoms with van der Waals surface area (Å²) in [6.45, 7) is 3.55. The van der Waals surface area contributed by atoms with Crippen LogP contribution in [0.3, 0.4) is 0 Å². The van der Waals surface area contributed by atoms with Crippen LogP contribution in [-0.2, 0) is 4.74 Å². The third-order valence-electron chi connectivity index (χ3n) is 3.04. The summed E-state index contributed by atoms with van der Waals surface area (Å²) < 4.78 is 5.48. The lowest BCUT2D eigenvalue weighted by Gasteiger charge is -2.22. The van der Waals surface area contributed by atoms with Gasteiger partial charge in [-0.1, -0.05) is 0 Å². The van der Waals surface area contributed by atoms with Crippen molar-refractivity contribution in [3.05, 3.63) is 27.9 Å². The van der Waals surface area contributed by atoms with Crippen molar-refractivity contribution in [2.45, 2.75) is 19.4 Å². The molecule has 1 aliphatic heterocycles. The monoisotopic (exact) mass is 281 g/mol. The Morgan fingerprint density at radius 1 is 1.65 bits per heavy atom. The van der Waals surface area contributed by atoms with Crippen LogP contribution in [-0.4, -0.2) is 46.8 Å². The molecule has 1 aromatic rings. The third-order valence-corrected chi connectivity index (χ3v) is 3.04. The van der Waals surface area contributed by atoms with Crippen molar-refractivity contribution in [2.75, 3.05) is 24.6 Å². The summed E-state index contributed by atoms with van der Waals surface area (Å²) >= 11 is 0. The summed E-state index contributed by atoms with van der Waals surface area (Å²) in [6.07, 6.45) is 1.82. The Morgan fingerprint density at radius 3 is 3.05 bits per heavy atom. The fourth-order valence-corrected chi connectivity index (χ4v) is 2.13. The van der Waals surface area contributed by atoms with E-state index in [0.29, 0.717) is 19.7 Å². The van der Waals surface area contributed by atoms with Crippen LogP contribution in [0.15, 0.2) is 12.3 Å². The largest absolute Gasteiger partial charge is 0.478 e. The van der Waals surface area contributed by atoms with Crippen molar-refractivity contribution < 1.29 is 19.6 Å². The van der Waals surface area contributed by atoms with Crippen molar-refractivity contribution in [2.24, 2.45) is 0 Å². The molecule has 20 heavy (non-hydrogen) atoms. The minimum absolute atomic E-state index is 0.0574. The number of ether oxygens (including phenoxy) is 1. The average molecular weight is 281 g/mol. The number of carboxylic acid groups (broad SMARTS) is 1. The van der Waals surface area contributed by atoms with Gasteiger partial charge in [-0.2, -0.15) is 0 Å². The standard InChI is InChI=1S/C12H15N3O5/c1-8-7-14(3-2-4-20-8)11-10(15(18)19)5-9(6-13-11)12(16)17/h5-6,8H,2-4,7H2,1H3,(H,16,17). The fourth-order valence-electron chi connectivity index (χ4n) is 2.13. The van der Waals surface area contributed by atoms with E-state index in [1.54, 1.807) is 4.90 Å². The number of carboxylic acids is 1. The normalized spacial score (nSPS) is 19.4. The first-order chi connectivity index (χ1) is 9.49. The Kier molecular flexibility index (Phi) is 4.14. The van der Waals surface area contributed by atoms with Crippen LogP contribution in [0.5, 0.6) is 0 Å². The topological polar surface area (TPSA) is 106 Å². The van der Waals surface area contributed by atoms with Crippen LogP contribution < -0.4 is 4.90 Å². The van der Waals surface area contributed by atoms with Crippen LogP contribution in [0, 0.1) is 10.1 Å². The number of carbonyl (C=O) groups is 1. The van der Waals surface area contributed by atoms with Crippen LogP contribution in [0.4, 0.5) is 11.5 Å². The number of hydrogen-bond donors (Lipinski definition) is 1. The maximum absolute atomic E-state index is 11.1. The Morgan fingerprint density at radius 2 is 2.40 bits per heavy atom. The number of pyridine rings is 1. The molecule has 1 aliphatic rings. The van der Waals surface area contributed by atoms with Gasteiger partial charge in [0.25, 0.3) is 0 Å². The number of nitro groups is 1. The molecule has 1 unspecified atom stereocenters. The molecule has 0 saturated carbocycles. The number of aromatic nitrogens is 1. The number of anilines is 1. The van der Waals surface area contributed by atoms with Crippen LogP contribution in [0.2, 0.25) is 0 Å². The van der Waals surface area contributed by atoms with Gasteiger partial charge in [0, 0.05) is 32.0 Å². The summed E-state index contributed by atoms with van der Waals surface area (Å²) in [4.78, 5) is 27.1.